The molecule has 1 atom stereocenters. The summed E-state index contributed by atoms with van der Waals surface area (Å²) in [6, 6.07) is 10.8. The molecule has 0 aromatic heterocycles. The van der Waals surface area contributed by atoms with Crippen molar-refractivity contribution in [1.29, 1.82) is 0 Å². The highest BCUT2D eigenvalue weighted by Gasteiger charge is 2.16. The van der Waals surface area contributed by atoms with Crippen LogP contribution in [0.4, 0.5) is 8.78 Å². The fourth-order valence-corrected chi connectivity index (χ4v) is 2.60. The Bertz CT molecular complexity index is 624. The summed E-state index contributed by atoms with van der Waals surface area (Å²) < 4.78 is 32.7. The van der Waals surface area contributed by atoms with Crippen LogP contribution in [0.3, 0.4) is 0 Å². The third-order valence-electron chi connectivity index (χ3n) is 3.69. The molecule has 110 valence electrons. The monoisotopic (exact) mass is 289 g/mol. The lowest BCUT2D eigenvalue weighted by atomic mass is 10.00. The van der Waals surface area contributed by atoms with E-state index in [2.05, 4.69) is 5.32 Å². The van der Waals surface area contributed by atoms with Gasteiger partial charge in [0.15, 0.2) is 0 Å². The van der Waals surface area contributed by atoms with Gasteiger partial charge in [0.2, 0.25) is 0 Å². The largest absolute Gasteiger partial charge is 0.372 e. The quantitative estimate of drug-likeness (QED) is 0.930. The van der Waals surface area contributed by atoms with E-state index in [1.807, 2.05) is 6.07 Å². The van der Waals surface area contributed by atoms with E-state index in [4.69, 9.17) is 4.74 Å². The van der Waals surface area contributed by atoms with Gasteiger partial charge in [-0.2, -0.15) is 0 Å². The van der Waals surface area contributed by atoms with Gasteiger partial charge in [-0.15, -0.1) is 0 Å². The summed E-state index contributed by atoms with van der Waals surface area (Å²) >= 11 is 0. The summed E-state index contributed by atoms with van der Waals surface area (Å²) in [4.78, 5) is 0. The summed E-state index contributed by atoms with van der Waals surface area (Å²) in [6.07, 6.45) is 1.12. The first-order valence-electron chi connectivity index (χ1n) is 7.09. The lowest BCUT2D eigenvalue weighted by Gasteiger charge is -2.14. The predicted octanol–water partition coefficient (Wildman–Crippen LogP) is 3.51. The maximum absolute atomic E-state index is 13.5. The highest BCUT2D eigenvalue weighted by molar-refractivity contribution is 5.67. The van der Waals surface area contributed by atoms with Gasteiger partial charge >= 0.3 is 0 Å². The molecule has 1 unspecified atom stereocenters. The van der Waals surface area contributed by atoms with Crippen molar-refractivity contribution >= 4 is 0 Å². The molecule has 1 aliphatic rings. The molecule has 1 N–H and O–H groups in total. The molecule has 2 aromatic carbocycles. The van der Waals surface area contributed by atoms with Crippen molar-refractivity contribution in [3.63, 3.8) is 0 Å². The van der Waals surface area contributed by atoms with Crippen LogP contribution in [0, 0.1) is 11.6 Å². The fourth-order valence-electron chi connectivity index (χ4n) is 2.60. The van der Waals surface area contributed by atoms with Crippen LogP contribution in [0.1, 0.15) is 12.0 Å². The third kappa shape index (κ3) is 3.46. The standard InChI is InChI=1S/C17H17F2NO/c18-14-3-1-2-12(8-14)17-5-4-15(19)9-13(17)11-21-16-6-7-20-10-16/h1-5,8-9,16,20H,6-7,10-11H2. The predicted molar refractivity (Wildman–Crippen MR) is 77.9 cm³/mol. The van der Waals surface area contributed by atoms with Crippen LogP contribution in [0.15, 0.2) is 42.5 Å². The van der Waals surface area contributed by atoms with E-state index >= 15 is 0 Å². The summed E-state index contributed by atoms with van der Waals surface area (Å²) in [5, 5.41) is 3.23. The number of hydrogen-bond donors (Lipinski definition) is 1. The Morgan fingerprint density at radius 1 is 1.10 bits per heavy atom. The van der Waals surface area contributed by atoms with Gasteiger partial charge in [0.25, 0.3) is 0 Å². The van der Waals surface area contributed by atoms with E-state index in [0.717, 1.165) is 36.2 Å². The molecule has 2 aromatic rings. The first-order valence-corrected chi connectivity index (χ1v) is 7.09. The Morgan fingerprint density at radius 3 is 2.71 bits per heavy atom. The fraction of sp³-hybridized carbons (Fsp3) is 0.294. The van der Waals surface area contributed by atoms with E-state index < -0.39 is 0 Å². The van der Waals surface area contributed by atoms with E-state index in [0.29, 0.717) is 6.61 Å². The second-order valence-corrected chi connectivity index (χ2v) is 5.24. The van der Waals surface area contributed by atoms with Crippen LogP contribution < -0.4 is 5.32 Å². The van der Waals surface area contributed by atoms with E-state index in [9.17, 15) is 8.78 Å². The molecule has 21 heavy (non-hydrogen) atoms. The maximum Gasteiger partial charge on any atom is 0.123 e. The third-order valence-corrected chi connectivity index (χ3v) is 3.69. The van der Waals surface area contributed by atoms with Gasteiger partial charge in [0.05, 0.1) is 12.7 Å². The van der Waals surface area contributed by atoms with Crippen molar-refractivity contribution in [2.24, 2.45) is 0 Å². The molecule has 1 fully saturated rings. The van der Waals surface area contributed by atoms with Gasteiger partial charge < -0.3 is 10.1 Å². The second kappa shape index (κ2) is 6.33. The molecule has 1 aliphatic heterocycles. The molecular formula is C17H17F2NO. The number of rotatable bonds is 4. The lowest BCUT2D eigenvalue weighted by Crippen LogP contribution is -2.16. The van der Waals surface area contributed by atoms with Crippen LogP contribution in [-0.2, 0) is 11.3 Å². The minimum absolute atomic E-state index is 0.161. The molecule has 0 radical (unpaired) electrons. The van der Waals surface area contributed by atoms with Crippen molar-refractivity contribution in [1.82, 2.24) is 5.32 Å². The Labute approximate surface area is 122 Å². The molecular weight excluding hydrogens is 272 g/mol. The minimum Gasteiger partial charge on any atom is -0.372 e. The summed E-state index contributed by atoms with van der Waals surface area (Å²) in [6.45, 7) is 2.10. The average Bonchev–Trinajstić information content (AvgIpc) is 2.98. The van der Waals surface area contributed by atoms with Gasteiger partial charge in [0, 0.05) is 6.54 Å². The smallest absolute Gasteiger partial charge is 0.123 e. The molecule has 0 saturated carbocycles. The van der Waals surface area contributed by atoms with Crippen LogP contribution in [0.5, 0.6) is 0 Å². The number of halogens is 2. The first-order chi connectivity index (χ1) is 10.2. The molecule has 4 heteroatoms. The number of benzene rings is 2. The molecule has 0 bridgehead atoms. The van der Waals surface area contributed by atoms with Gasteiger partial charge in [-0.1, -0.05) is 18.2 Å². The number of nitrogens with one attached hydrogen (secondary N) is 1. The van der Waals surface area contributed by atoms with Crippen molar-refractivity contribution in [2.75, 3.05) is 13.1 Å². The first kappa shape index (κ1) is 14.2. The van der Waals surface area contributed by atoms with Crippen LogP contribution >= 0.6 is 0 Å². The number of hydrogen-bond acceptors (Lipinski definition) is 2. The van der Waals surface area contributed by atoms with Crippen LogP contribution in [-0.4, -0.2) is 19.2 Å². The summed E-state index contributed by atoms with van der Waals surface area (Å²) in [7, 11) is 0. The zero-order chi connectivity index (χ0) is 14.7. The highest BCUT2D eigenvalue weighted by Crippen LogP contribution is 2.26. The number of ether oxygens (including phenoxy) is 1. The molecule has 1 heterocycles. The lowest BCUT2D eigenvalue weighted by molar-refractivity contribution is 0.0543. The van der Waals surface area contributed by atoms with Gasteiger partial charge in [-0.05, 0) is 53.9 Å². The van der Waals surface area contributed by atoms with Crippen LogP contribution in [0.2, 0.25) is 0 Å². The van der Waals surface area contributed by atoms with Gasteiger partial charge in [-0.25, -0.2) is 8.78 Å². The SMILES string of the molecule is Fc1cccc(-c2ccc(F)cc2COC2CCNC2)c1. The minimum atomic E-state index is -0.307. The molecule has 0 amide bonds. The Kier molecular flexibility index (Phi) is 4.27. The molecule has 3 rings (SSSR count). The molecule has 2 nitrogen and oxygen atoms in total. The second-order valence-electron chi connectivity index (χ2n) is 5.24. The van der Waals surface area contributed by atoms with E-state index in [-0.39, 0.29) is 17.7 Å². The zero-order valence-electron chi connectivity index (χ0n) is 11.6. The van der Waals surface area contributed by atoms with Gasteiger partial charge in [-0.3, -0.25) is 0 Å². The zero-order valence-corrected chi connectivity index (χ0v) is 11.6. The normalized spacial score (nSPS) is 18.1. The maximum atomic E-state index is 13.5. The Hall–Kier alpha value is -1.78. The topological polar surface area (TPSA) is 21.3 Å². The molecule has 0 aliphatic carbocycles. The summed E-state index contributed by atoms with van der Waals surface area (Å²) in [5.74, 6) is -0.609. The molecule has 0 spiro atoms. The van der Waals surface area contributed by atoms with Gasteiger partial charge in [0.1, 0.15) is 11.6 Å². The molecule has 1 saturated heterocycles. The van der Waals surface area contributed by atoms with Crippen molar-refractivity contribution in [3.8, 4) is 11.1 Å². The van der Waals surface area contributed by atoms with E-state index in [1.54, 1.807) is 12.1 Å². The average molecular weight is 289 g/mol. The van der Waals surface area contributed by atoms with Crippen LogP contribution in [0.25, 0.3) is 11.1 Å². The van der Waals surface area contributed by atoms with E-state index in [1.165, 1.54) is 24.3 Å². The van der Waals surface area contributed by atoms with Crippen molar-refractivity contribution in [3.05, 3.63) is 59.7 Å². The van der Waals surface area contributed by atoms with Crippen molar-refractivity contribution in [2.45, 2.75) is 19.1 Å². The summed E-state index contributed by atoms with van der Waals surface area (Å²) in [5.41, 5.74) is 2.28. The Morgan fingerprint density at radius 2 is 1.95 bits per heavy atom. The van der Waals surface area contributed by atoms with Crippen molar-refractivity contribution < 1.29 is 13.5 Å². The Balaban J connectivity index is 1.85. The highest BCUT2D eigenvalue weighted by atomic mass is 19.1.